The Morgan fingerprint density at radius 1 is 1.48 bits per heavy atom. The van der Waals surface area contributed by atoms with E-state index in [1.165, 1.54) is 4.68 Å². The van der Waals surface area contributed by atoms with E-state index in [9.17, 15) is 4.79 Å². The molecule has 1 aromatic carbocycles. The number of amides is 1. The molecule has 6 nitrogen and oxygen atoms in total. The molecule has 0 saturated heterocycles. The summed E-state index contributed by atoms with van der Waals surface area (Å²) in [5, 5.41) is 8.43. The number of anilines is 1. The van der Waals surface area contributed by atoms with Crippen LogP contribution in [0.3, 0.4) is 0 Å². The molecule has 21 heavy (non-hydrogen) atoms. The predicted octanol–water partition coefficient (Wildman–Crippen LogP) is 2.29. The number of primary amides is 1. The van der Waals surface area contributed by atoms with Crippen molar-refractivity contribution in [3.05, 3.63) is 48.5 Å². The molecule has 0 fully saturated rings. The quantitative estimate of drug-likeness (QED) is 0.752. The zero-order valence-electron chi connectivity index (χ0n) is 11.6. The minimum Gasteiger partial charge on any atom is -0.459 e. The van der Waals surface area contributed by atoms with Crippen LogP contribution in [0.1, 0.15) is 18.7 Å². The first-order valence-electron chi connectivity index (χ1n) is 6.67. The van der Waals surface area contributed by atoms with Gasteiger partial charge in [-0.15, -0.1) is 0 Å². The molecule has 0 aliphatic carbocycles. The third-order valence-electron chi connectivity index (χ3n) is 3.21. The third kappa shape index (κ3) is 2.89. The molecule has 0 bridgehead atoms. The number of nitrogens with zero attached hydrogens (tertiary/aromatic N) is 2. The normalized spacial score (nSPS) is 12.4. The van der Waals surface area contributed by atoms with Gasteiger partial charge in [-0.3, -0.25) is 9.48 Å². The number of nitrogens with one attached hydrogen (secondary N) is 1. The van der Waals surface area contributed by atoms with Crippen molar-refractivity contribution in [2.24, 2.45) is 5.73 Å². The van der Waals surface area contributed by atoms with Crippen molar-refractivity contribution in [1.29, 1.82) is 0 Å². The number of carbonyl (C=O) groups excluding carboxylic acids is 1. The van der Waals surface area contributed by atoms with Gasteiger partial charge in [0, 0.05) is 11.6 Å². The van der Waals surface area contributed by atoms with Crippen LogP contribution in [-0.4, -0.2) is 15.7 Å². The van der Waals surface area contributed by atoms with Gasteiger partial charge in [0.05, 0.1) is 17.9 Å². The van der Waals surface area contributed by atoms with Crippen LogP contribution < -0.4 is 11.1 Å². The zero-order chi connectivity index (χ0) is 14.8. The summed E-state index contributed by atoms with van der Waals surface area (Å²) in [5.41, 5.74) is 6.81. The second-order valence-corrected chi connectivity index (χ2v) is 4.95. The number of hydrogen-bond acceptors (Lipinski definition) is 4. The molecule has 6 heteroatoms. The summed E-state index contributed by atoms with van der Waals surface area (Å²) < 4.78 is 7.31. The van der Waals surface area contributed by atoms with E-state index >= 15 is 0 Å². The van der Waals surface area contributed by atoms with E-state index in [1.54, 1.807) is 12.4 Å². The predicted molar refractivity (Wildman–Crippen MR) is 79.7 cm³/mol. The summed E-state index contributed by atoms with van der Waals surface area (Å²) in [6.07, 6.45) is 3.39. The van der Waals surface area contributed by atoms with Gasteiger partial charge in [0.1, 0.15) is 17.9 Å². The maximum absolute atomic E-state index is 10.8. The Morgan fingerprint density at radius 2 is 2.29 bits per heavy atom. The van der Waals surface area contributed by atoms with Crippen LogP contribution >= 0.6 is 0 Å². The summed E-state index contributed by atoms with van der Waals surface area (Å²) in [4.78, 5) is 10.8. The number of hydrogen-bond donors (Lipinski definition) is 2. The Morgan fingerprint density at radius 3 is 3.05 bits per heavy atom. The Hall–Kier alpha value is -2.76. The average Bonchev–Trinajstić information content (AvgIpc) is 3.04. The highest BCUT2D eigenvalue weighted by molar-refractivity contribution is 5.78. The fourth-order valence-electron chi connectivity index (χ4n) is 2.22. The van der Waals surface area contributed by atoms with E-state index < -0.39 is 5.91 Å². The standard InChI is InChI=1S/C15H16N4O2/c1-10(14-6-11-4-2-3-5-13(11)21-14)18-12-7-17-19(8-12)9-15(16)20/h2-8,10,18H,9H2,1H3,(H2,16,20). The van der Waals surface area contributed by atoms with E-state index in [2.05, 4.69) is 10.4 Å². The Kier molecular flexibility index (Phi) is 3.35. The Bertz CT molecular complexity index is 742. The van der Waals surface area contributed by atoms with E-state index in [4.69, 9.17) is 10.2 Å². The van der Waals surface area contributed by atoms with Crippen LogP contribution in [0.4, 0.5) is 5.69 Å². The Balaban J connectivity index is 1.74. The second kappa shape index (κ2) is 5.32. The lowest BCUT2D eigenvalue weighted by Crippen LogP contribution is -2.18. The van der Waals surface area contributed by atoms with Gasteiger partial charge in [0.25, 0.3) is 0 Å². The highest BCUT2D eigenvalue weighted by Gasteiger charge is 2.12. The molecule has 0 aliphatic heterocycles. The first-order valence-corrected chi connectivity index (χ1v) is 6.67. The maximum Gasteiger partial charge on any atom is 0.239 e. The lowest BCUT2D eigenvalue weighted by atomic mass is 10.2. The minimum atomic E-state index is -0.421. The summed E-state index contributed by atoms with van der Waals surface area (Å²) in [7, 11) is 0. The lowest BCUT2D eigenvalue weighted by molar-refractivity contribution is -0.118. The average molecular weight is 284 g/mol. The van der Waals surface area contributed by atoms with Crippen molar-refractivity contribution in [2.45, 2.75) is 19.5 Å². The van der Waals surface area contributed by atoms with Gasteiger partial charge in [-0.25, -0.2) is 0 Å². The van der Waals surface area contributed by atoms with Crippen LogP contribution in [0.25, 0.3) is 11.0 Å². The van der Waals surface area contributed by atoms with Gasteiger partial charge in [0.2, 0.25) is 5.91 Å². The Labute approximate surface area is 121 Å². The number of para-hydroxylation sites is 1. The van der Waals surface area contributed by atoms with Crippen LogP contribution in [0, 0.1) is 0 Å². The lowest BCUT2D eigenvalue weighted by Gasteiger charge is -2.10. The van der Waals surface area contributed by atoms with Gasteiger partial charge in [0.15, 0.2) is 0 Å². The molecule has 0 spiro atoms. The molecular formula is C15H16N4O2. The molecule has 0 radical (unpaired) electrons. The number of benzene rings is 1. The molecule has 0 aliphatic rings. The molecule has 1 atom stereocenters. The number of fused-ring (bicyclic) bond motifs is 1. The van der Waals surface area contributed by atoms with Crippen LogP contribution in [-0.2, 0) is 11.3 Å². The van der Waals surface area contributed by atoms with E-state index in [0.717, 1.165) is 22.4 Å². The fourth-order valence-corrected chi connectivity index (χ4v) is 2.22. The molecule has 1 unspecified atom stereocenters. The van der Waals surface area contributed by atoms with Gasteiger partial charge < -0.3 is 15.5 Å². The smallest absolute Gasteiger partial charge is 0.239 e. The highest BCUT2D eigenvalue weighted by atomic mass is 16.3. The van der Waals surface area contributed by atoms with Crippen molar-refractivity contribution >= 4 is 22.6 Å². The number of aromatic nitrogens is 2. The topological polar surface area (TPSA) is 86.1 Å². The van der Waals surface area contributed by atoms with E-state index in [1.807, 2.05) is 37.3 Å². The number of carbonyl (C=O) groups is 1. The molecular weight excluding hydrogens is 268 g/mol. The summed E-state index contributed by atoms with van der Waals surface area (Å²) in [5.74, 6) is 0.425. The van der Waals surface area contributed by atoms with E-state index in [0.29, 0.717) is 0 Å². The van der Waals surface area contributed by atoms with Crippen molar-refractivity contribution in [1.82, 2.24) is 9.78 Å². The summed E-state index contributed by atoms with van der Waals surface area (Å²) in [6, 6.07) is 9.88. The number of rotatable bonds is 5. The number of furan rings is 1. The SMILES string of the molecule is CC(Nc1cnn(CC(N)=O)c1)c1cc2ccccc2o1. The summed E-state index contributed by atoms with van der Waals surface area (Å²) >= 11 is 0. The highest BCUT2D eigenvalue weighted by Crippen LogP contribution is 2.25. The van der Waals surface area contributed by atoms with Crippen molar-refractivity contribution in [3.8, 4) is 0 Å². The van der Waals surface area contributed by atoms with Gasteiger partial charge in [-0.2, -0.15) is 5.10 Å². The molecule has 1 amide bonds. The fraction of sp³-hybridized carbons (Fsp3) is 0.200. The summed E-state index contributed by atoms with van der Waals surface area (Å²) in [6.45, 7) is 2.07. The largest absolute Gasteiger partial charge is 0.459 e. The van der Waals surface area contributed by atoms with Crippen molar-refractivity contribution < 1.29 is 9.21 Å². The molecule has 2 heterocycles. The van der Waals surface area contributed by atoms with Crippen LogP contribution in [0.15, 0.2) is 47.1 Å². The maximum atomic E-state index is 10.8. The van der Waals surface area contributed by atoms with Crippen molar-refractivity contribution in [2.75, 3.05) is 5.32 Å². The first-order chi connectivity index (χ1) is 10.1. The van der Waals surface area contributed by atoms with Gasteiger partial charge in [-0.05, 0) is 19.1 Å². The monoisotopic (exact) mass is 284 g/mol. The zero-order valence-corrected chi connectivity index (χ0v) is 11.6. The van der Waals surface area contributed by atoms with Gasteiger partial charge >= 0.3 is 0 Å². The second-order valence-electron chi connectivity index (χ2n) is 4.95. The van der Waals surface area contributed by atoms with Crippen LogP contribution in [0.5, 0.6) is 0 Å². The first kappa shape index (κ1) is 13.2. The minimum absolute atomic E-state index is 0.0105. The van der Waals surface area contributed by atoms with Crippen molar-refractivity contribution in [3.63, 3.8) is 0 Å². The van der Waals surface area contributed by atoms with E-state index in [-0.39, 0.29) is 12.6 Å². The molecule has 2 aromatic heterocycles. The van der Waals surface area contributed by atoms with Gasteiger partial charge in [-0.1, -0.05) is 18.2 Å². The molecule has 0 saturated carbocycles. The third-order valence-corrected chi connectivity index (χ3v) is 3.21. The number of nitrogens with two attached hydrogens (primary N) is 1. The molecule has 3 aromatic rings. The molecule has 3 rings (SSSR count). The molecule has 3 N–H and O–H groups in total. The van der Waals surface area contributed by atoms with Crippen LogP contribution in [0.2, 0.25) is 0 Å². The molecule has 108 valence electrons.